The molecule has 0 amide bonds. The molecule has 0 atom stereocenters. The van der Waals surface area contributed by atoms with E-state index in [4.69, 9.17) is 4.74 Å². The third kappa shape index (κ3) is 23.7. The maximum atomic E-state index is 15.8. The first kappa shape index (κ1) is 50.6. The Labute approximate surface area is 358 Å². The summed E-state index contributed by atoms with van der Waals surface area (Å²) in [7, 11) is 0. The number of carbonyl (C=O) groups excluding carboxylic acids is 1. The van der Waals surface area contributed by atoms with Gasteiger partial charge in [-0.25, -0.2) is 0 Å². The Kier molecular flexibility index (Phi) is 31.9. The molecule has 57 heavy (non-hydrogen) atoms. The van der Waals surface area contributed by atoms with Crippen molar-refractivity contribution >= 4 is 5.97 Å². The molecular weight excluding hydrogens is 693 g/mol. The van der Waals surface area contributed by atoms with Crippen LogP contribution in [0, 0.1) is 17.3 Å². The highest BCUT2D eigenvalue weighted by atomic mass is 16.5. The Bertz CT molecular complexity index is 847. The molecule has 3 saturated carbocycles. The first-order valence-electron chi connectivity index (χ1n) is 27.1. The summed E-state index contributed by atoms with van der Waals surface area (Å²) in [5.74, 6) is 1.31. The third-order valence-electron chi connectivity index (χ3n) is 15.2. The lowest BCUT2D eigenvalue weighted by atomic mass is 9.58. The highest BCUT2D eigenvalue weighted by Crippen LogP contribution is 2.51. The van der Waals surface area contributed by atoms with Gasteiger partial charge in [0.15, 0.2) is 0 Å². The molecule has 0 heterocycles. The predicted octanol–water partition coefficient (Wildman–Crippen LogP) is 19.1. The maximum Gasteiger partial charge on any atom is 0.312 e. The minimum atomic E-state index is -0.292. The first-order chi connectivity index (χ1) is 28.3. The molecule has 3 aliphatic rings. The zero-order chi connectivity index (χ0) is 40.2. The first-order valence-corrected chi connectivity index (χ1v) is 27.1. The van der Waals surface area contributed by atoms with Crippen molar-refractivity contribution in [3.8, 4) is 0 Å². The molecular formula is C55H102O2. The molecule has 2 nitrogen and oxygen atoms in total. The van der Waals surface area contributed by atoms with Crippen LogP contribution in [0.25, 0.3) is 0 Å². The Morgan fingerprint density at radius 3 is 1.05 bits per heavy atom. The van der Waals surface area contributed by atoms with E-state index < -0.39 is 0 Å². The highest BCUT2D eigenvalue weighted by molar-refractivity contribution is 5.78. The lowest BCUT2D eigenvalue weighted by Gasteiger charge is -2.46. The molecule has 0 aromatic rings. The van der Waals surface area contributed by atoms with Gasteiger partial charge in [-0.05, 0) is 95.3 Å². The highest BCUT2D eigenvalue weighted by Gasteiger charge is 2.51. The standard InChI is InChI=1S/C55H102O2/c1-2-3-4-5-6-7-8-15-22-29-36-43-50-55(51-44-37-30-23-16-9-10-17-24-31-38-45-51,52-46-39-32-25-18-11-12-19-26-33-40-47-52)54(56)57-53-48-41-34-27-20-13-14-21-28-35-42-49-53/h7-8,51-53H,2-6,9-50H2,1H3/b8-7-. The van der Waals surface area contributed by atoms with Crippen LogP contribution in [-0.4, -0.2) is 12.1 Å². The van der Waals surface area contributed by atoms with Gasteiger partial charge in [-0.3, -0.25) is 4.79 Å². The number of unbranched alkanes of at least 4 members (excludes halogenated alkanes) is 8. The van der Waals surface area contributed by atoms with Crippen molar-refractivity contribution in [1.82, 2.24) is 0 Å². The summed E-state index contributed by atoms with van der Waals surface area (Å²) >= 11 is 0. The Hall–Kier alpha value is -0.790. The Morgan fingerprint density at radius 1 is 0.404 bits per heavy atom. The van der Waals surface area contributed by atoms with Crippen LogP contribution in [-0.2, 0) is 9.53 Å². The lowest BCUT2D eigenvalue weighted by Crippen LogP contribution is -2.48. The van der Waals surface area contributed by atoms with E-state index in [-0.39, 0.29) is 11.5 Å². The number of ether oxygens (including phenoxy) is 1. The van der Waals surface area contributed by atoms with E-state index in [0.29, 0.717) is 17.8 Å². The molecule has 334 valence electrons. The van der Waals surface area contributed by atoms with Gasteiger partial charge < -0.3 is 4.74 Å². The van der Waals surface area contributed by atoms with E-state index in [2.05, 4.69) is 19.1 Å². The topological polar surface area (TPSA) is 26.3 Å². The Morgan fingerprint density at radius 2 is 0.702 bits per heavy atom. The monoisotopic (exact) mass is 795 g/mol. The minimum absolute atomic E-state index is 0.135. The largest absolute Gasteiger partial charge is 0.462 e. The fourth-order valence-corrected chi connectivity index (χ4v) is 11.5. The van der Waals surface area contributed by atoms with Gasteiger partial charge in [-0.1, -0.05) is 237 Å². The fraction of sp³-hybridized carbons (Fsp3) is 0.945. The van der Waals surface area contributed by atoms with Crippen molar-refractivity contribution in [3.63, 3.8) is 0 Å². The van der Waals surface area contributed by atoms with Crippen molar-refractivity contribution in [2.75, 3.05) is 0 Å². The molecule has 3 fully saturated rings. The van der Waals surface area contributed by atoms with E-state index in [1.54, 1.807) is 0 Å². The summed E-state index contributed by atoms with van der Waals surface area (Å²) in [5.41, 5.74) is -0.292. The van der Waals surface area contributed by atoms with Crippen molar-refractivity contribution in [2.45, 2.75) is 315 Å². The third-order valence-corrected chi connectivity index (χ3v) is 15.2. The van der Waals surface area contributed by atoms with Crippen molar-refractivity contribution in [1.29, 1.82) is 0 Å². The van der Waals surface area contributed by atoms with Crippen LogP contribution in [0.1, 0.15) is 309 Å². The summed E-state index contributed by atoms with van der Waals surface area (Å²) in [6.07, 6.45) is 67.6. The van der Waals surface area contributed by atoms with Crippen molar-refractivity contribution in [2.24, 2.45) is 17.3 Å². The zero-order valence-corrected chi connectivity index (χ0v) is 38.9. The van der Waals surface area contributed by atoms with Gasteiger partial charge in [0, 0.05) is 0 Å². The van der Waals surface area contributed by atoms with Crippen molar-refractivity contribution < 1.29 is 9.53 Å². The van der Waals surface area contributed by atoms with Gasteiger partial charge in [0.25, 0.3) is 0 Å². The second-order valence-electron chi connectivity index (χ2n) is 20.1. The van der Waals surface area contributed by atoms with Crippen LogP contribution < -0.4 is 0 Å². The van der Waals surface area contributed by atoms with E-state index in [9.17, 15) is 0 Å². The molecule has 0 aromatic carbocycles. The molecule has 0 aliphatic heterocycles. The fourth-order valence-electron chi connectivity index (χ4n) is 11.5. The number of esters is 1. The quantitative estimate of drug-likeness (QED) is 0.0884. The predicted molar refractivity (Wildman–Crippen MR) is 251 cm³/mol. The average molecular weight is 795 g/mol. The van der Waals surface area contributed by atoms with Gasteiger partial charge in [-0.15, -0.1) is 0 Å². The average Bonchev–Trinajstić information content (AvgIpc) is 3.28. The second-order valence-corrected chi connectivity index (χ2v) is 20.1. The number of rotatable bonds is 16. The molecule has 0 saturated heterocycles. The van der Waals surface area contributed by atoms with E-state index >= 15 is 4.79 Å². The van der Waals surface area contributed by atoms with Gasteiger partial charge in [0.2, 0.25) is 0 Å². The Balaban J connectivity index is 1.90. The van der Waals surface area contributed by atoms with E-state index in [0.717, 1.165) is 19.3 Å². The van der Waals surface area contributed by atoms with Gasteiger partial charge in [0.05, 0.1) is 5.41 Å². The molecule has 0 unspecified atom stereocenters. The van der Waals surface area contributed by atoms with Crippen LogP contribution in [0.15, 0.2) is 12.2 Å². The van der Waals surface area contributed by atoms with Crippen molar-refractivity contribution in [3.05, 3.63) is 12.2 Å². The smallest absolute Gasteiger partial charge is 0.312 e. The van der Waals surface area contributed by atoms with Crippen LogP contribution in [0.3, 0.4) is 0 Å². The number of carbonyl (C=O) groups is 1. The SMILES string of the molecule is CCCCCC/C=C\CCCCCCC(C(=O)OC1CCCCCCCCCCCC1)(C1CCCCCCCCCCCC1)C1CCCCCCCCCCCC1. The molecule has 0 spiro atoms. The van der Waals surface area contributed by atoms with Crippen LogP contribution in [0.4, 0.5) is 0 Å². The van der Waals surface area contributed by atoms with Gasteiger partial charge in [0.1, 0.15) is 6.10 Å². The number of hydrogen-bond donors (Lipinski definition) is 0. The molecule has 0 aromatic heterocycles. The summed E-state index contributed by atoms with van der Waals surface area (Å²) < 4.78 is 7.19. The van der Waals surface area contributed by atoms with Crippen LogP contribution >= 0.6 is 0 Å². The zero-order valence-electron chi connectivity index (χ0n) is 38.9. The molecule has 2 heteroatoms. The molecule has 0 bridgehead atoms. The molecule has 0 radical (unpaired) electrons. The minimum Gasteiger partial charge on any atom is -0.462 e. The van der Waals surface area contributed by atoms with Crippen LogP contribution in [0.2, 0.25) is 0 Å². The maximum absolute atomic E-state index is 15.8. The summed E-state index contributed by atoms with van der Waals surface area (Å²) in [4.78, 5) is 15.8. The molecule has 3 aliphatic carbocycles. The summed E-state index contributed by atoms with van der Waals surface area (Å²) in [6.45, 7) is 2.30. The van der Waals surface area contributed by atoms with E-state index in [1.165, 1.54) is 283 Å². The second kappa shape index (κ2) is 35.9. The van der Waals surface area contributed by atoms with E-state index in [1.807, 2.05) is 0 Å². The lowest BCUT2D eigenvalue weighted by molar-refractivity contribution is -0.174. The van der Waals surface area contributed by atoms with Gasteiger partial charge in [-0.2, -0.15) is 0 Å². The number of hydrogen-bond acceptors (Lipinski definition) is 2. The van der Waals surface area contributed by atoms with Gasteiger partial charge >= 0.3 is 5.97 Å². The van der Waals surface area contributed by atoms with Crippen LogP contribution in [0.5, 0.6) is 0 Å². The molecule has 0 N–H and O–H groups in total. The summed E-state index contributed by atoms with van der Waals surface area (Å²) in [6, 6.07) is 0. The molecule has 3 rings (SSSR count). The normalized spacial score (nSPS) is 22.3. The summed E-state index contributed by atoms with van der Waals surface area (Å²) in [5, 5.41) is 0. The number of allylic oxidation sites excluding steroid dienone is 2.